The Hall–Kier alpha value is -1.27. The topological polar surface area (TPSA) is 55.8 Å². The highest BCUT2D eigenvalue weighted by Crippen LogP contribution is 2.26. The number of methoxy groups -OCH3 is 1. The van der Waals surface area contributed by atoms with Crippen LogP contribution in [0.25, 0.3) is 0 Å². The number of sulfone groups is 1. The molecule has 1 atom stereocenters. The van der Waals surface area contributed by atoms with Gasteiger partial charge in [-0.05, 0) is 31.5 Å². The van der Waals surface area contributed by atoms with E-state index < -0.39 is 9.84 Å². The molecule has 6 heteroatoms. The van der Waals surface area contributed by atoms with Gasteiger partial charge in [0.15, 0.2) is 21.3 Å². The van der Waals surface area contributed by atoms with Gasteiger partial charge in [0.05, 0.1) is 25.2 Å². The fraction of sp³-hybridized carbons (Fsp3) is 0.625. The maximum atomic E-state index is 11.6. The van der Waals surface area contributed by atoms with Crippen LogP contribution in [0.1, 0.15) is 19.8 Å². The first-order chi connectivity index (χ1) is 10.6. The van der Waals surface area contributed by atoms with Gasteiger partial charge in [0.2, 0.25) is 0 Å². The Morgan fingerprint density at radius 3 is 2.59 bits per heavy atom. The Labute approximate surface area is 133 Å². The van der Waals surface area contributed by atoms with Gasteiger partial charge in [-0.25, -0.2) is 8.42 Å². The quantitative estimate of drug-likeness (QED) is 0.683. The van der Waals surface area contributed by atoms with Crippen molar-refractivity contribution in [3.05, 3.63) is 24.3 Å². The maximum Gasteiger partial charge on any atom is 0.161 e. The Morgan fingerprint density at radius 1 is 1.27 bits per heavy atom. The van der Waals surface area contributed by atoms with Crippen LogP contribution < -0.4 is 9.47 Å². The standard InChI is InChI=1S/C16H25NO4S/c1-3-17(14-9-12-22(18,19)13-14)10-6-11-21-16-8-5-4-7-15(16)20-2/h4-5,7-8,14H,3,6,9-13H2,1-2H3. The zero-order chi connectivity index (χ0) is 16.0. The normalized spacial score (nSPS) is 20.2. The van der Waals surface area contributed by atoms with Gasteiger partial charge in [-0.15, -0.1) is 0 Å². The molecule has 1 saturated heterocycles. The van der Waals surface area contributed by atoms with Crippen LogP contribution >= 0.6 is 0 Å². The van der Waals surface area contributed by atoms with Crippen molar-refractivity contribution in [2.75, 3.05) is 38.3 Å². The fourth-order valence-electron chi connectivity index (χ4n) is 2.85. The molecule has 0 N–H and O–H groups in total. The Bertz CT molecular complexity index is 573. The molecule has 1 aliphatic rings. The van der Waals surface area contributed by atoms with Crippen molar-refractivity contribution in [3.63, 3.8) is 0 Å². The number of para-hydroxylation sites is 2. The van der Waals surface area contributed by atoms with Crippen molar-refractivity contribution < 1.29 is 17.9 Å². The summed E-state index contributed by atoms with van der Waals surface area (Å²) in [5.74, 6) is 2.10. The van der Waals surface area contributed by atoms with Crippen LogP contribution in [0.4, 0.5) is 0 Å². The zero-order valence-electron chi connectivity index (χ0n) is 13.3. The van der Waals surface area contributed by atoms with E-state index >= 15 is 0 Å². The van der Waals surface area contributed by atoms with Crippen LogP contribution in [0.3, 0.4) is 0 Å². The average molecular weight is 327 g/mol. The van der Waals surface area contributed by atoms with Crippen LogP contribution in [0.15, 0.2) is 24.3 Å². The van der Waals surface area contributed by atoms with Gasteiger partial charge in [-0.2, -0.15) is 0 Å². The number of nitrogens with zero attached hydrogens (tertiary/aromatic N) is 1. The molecule has 0 aliphatic carbocycles. The van der Waals surface area contributed by atoms with E-state index in [9.17, 15) is 8.42 Å². The summed E-state index contributed by atoms with van der Waals surface area (Å²) in [5, 5.41) is 0. The minimum Gasteiger partial charge on any atom is -0.493 e. The Morgan fingerprint density at radius 2 is 2.00 bits per heavy atom. The lowest BCUT2D eigenvalue weighted by Crippen LogP contribution is -2.37. The van der Waals surface area contributed by atoms with Crippen molar-refractivity contribution in [2.45, 2.75) is 25.8 Å². The van der Waals surface area contributed by atoms with E-state index in [1.54, 1.807) is 7.11 Å². The molecule has 1 heterocycles. The first kappa shape index (κ1) is 17.1. The van der Waals surface area contributed by atoms with Crippen LogP contribution in [0.5, 0.6) is 11.5 Å². The molecule has 124 valence electrons. The molecule has 1 aromatic rings. The van der Waals surface area contributed by atoms with E-state index in [1.807, 2.05) is 24.3 Å². The second-order valence-electron chi connectivity index (χ2n) is 5.54. The molecule has 0 aromatic heterocycles. The lowest BCUT2D eigenvalue weighted by molar-refractivity contribution is 0.197. The Balaban J connectivity index is 1.77. The molecule has 0 saturated carbocycles. The van der Waals surface area contributed by atoms with Crippen molar-refractivity contribution >= 4 is 9.84 Å². The predicted molar refractivity (Wildman–Crippen MR) is 87.4 cm³/mol. The van der Waals surface area contributed by atoms with E-state index in [1.165, 1.54) is 0 Å². The van der Waals surface area contributed by atoms with Gasteiger partial charge >= 0.3 is 0 Å². The zero-order valence-corrected chi connectivity index (χ0v) is 14.1. The summed E-state index contributed by atoms with van der Waals surface area (Å²) in [7, 11) is -1.20. The number of rotatable bonds is 8. The van der Waals surface area contributed by atoms with Crippen molar-refractivity contribution in [1.82, 2.24) is 4.90 Å². The largest absolute Gasteiger partial charge is 0.493 e. The van der Waals surface area contributed by atoms with Gasteiger partial charge in [0.25, 0.3) is 0 Å². The summed E-state index contributed by atoms with van der Waals surface area (Å²) in [4.78, 5) is 2.25. The third-order valence-electron chi connectivity index (χ3n) is 4.05. The highest BCUT2D eigenvalue weighted by Gasteiger charge is 2.31. The molecular weight excluding hydrogens is 302 g/mol. The van der Waals surface area contributed by atoms with Crippen molar-refractivity contribution in [3.8, 4) is 11.5 Å². The van der Waals surface area contributed by atoms with Gasteiger partial charge in [-0.1, -0.05) is 19.1 Å². The van der Waals surface area contributed by atoms with Crippen LogP contribution in [0.2, 0.25) is 0 Å². The van der Waals surface area contributed by atoms with Crippen LogP contribution in [0, 0.1) is 0 Å². The molecular formula is C16H25NO4S. The van der Waals surface area contributed by atoms with E-state index in [0.29, 0.717) is 18.1 Å². The number of hydrogen-bond acceptors (Lipinski definition) is 5. The van der Waals surface area contributed by atoms with Crippen molar-refractivity contribution in [1.29, 1.82) is 0 Å². The molecule has 0 bridgehead atoms. The second-order valence-corrected chi connectivity index (χ2v) is 7.77. The summed E-state index contributed by atoms with van der Waals surface area (Å²) in [6.07, 6.45) is 1.62. The third-order valence-corrected chi connectivity index (χ3v) is 5.80. The summed E-state index contributed by atoms with van der Waals surface area (Å²) in [6, 6.07) is 7.75. The summed E-state index contributed by atoms with van der Waals surface area (Å²) >= 11 is 0. The molecule has 1 unspecified atom stereocenters. The molecule has 0 amide bonds. The molecule has 5 nitrogen and oxygen atoms in total. The molecule has 2 rings (SSSR count). The van der Waals surface area contributed by atoms with Gasteiger partial charge in [0.1, 0.15) is 0 Å². The highest BCUT2D eigenvalue weighted by atomic mass is 32.2. The van der Waals surface area contributed by atoms with Gasteiger partial charge in [0, 0.05) is 12.6 Å². The van der Waals surface area contributed by atoms with E-state index in [2.05, 4.69) is 11.8 Å². The molecule has 22 heavy (non-hydrogen) atoms. The number of hydrogen-bond donors (Lipinski definition) is 0. The van der Waals surface area contributed by atoms with Gasteiger partial charge < -0.3 is 9.47 Å². The molecule has 1 aromatic carbocycles. The lowest BCUT2D eigenvalue weighted by Gasteiger charge is -2.26. The number of benzene rings is 1. The maximum absolute atomic E-state index is 11.6. The minimum atomic E-state index is -2.82. The molecule has 1 aliphatic heterocycles. The lowest BCUT2D eigenvalue weighted by atomic mass is 10.2. The average Bonchev–Trinajstić information content (AvgIpc) is 2.87. The third kappa shape index (κ3) is 4.61. The smallest absolute Gasteiger partial charge is 0.161 e. The number of ether oxygens (including phenoxy) is 2. The Kier molecular flexibility index (Phi) is 6.08. The van der Waals surface area contributed by atoms with Crippen LogP contribution in [-0.2, 0) is 9.84 Å². The summed E-state index contributed by atoms with van der Waals surface area (Å²) in [6.45, 7) is 4.39. The summed E-state index contributed by atoms with van der Waals surface area (Å²) < 4.78 is 34.2. The van der Waals surface area contributed by atoms with E-state index in [-0.39, 0.29) is 6.04 Å². The van der Waals surface area contributed by atoms with Crippen molar-refractivity contribution in [2.24, 2.45) is 0 Å². The fourth-order valence-corrected chi connectivity index (χ4v) is 4.61. The minimum absolute atomic E-state index is 0.168. The van der Waals surface area contributed by atoms with Gasteiger partial charge in [-0.3, -0.25) is 4.90 Å². The van der Waals surface area contributed by atoms with E-state index in [0.717, 1.165) is 37.4 Å². The monoisotopic (exact) mass is 327 g/mol. The highest BCUT2D eigenvalue weighted by molar-refractivity contribution is 7.91. The molecule has 0 spiro atoms. The van der Waals surface area contributed by atoms with Crippen LogP contribution in [-0.4, -0.2) is 57.7 Å². The second kappa shape index (κ2) is 7.83. The predicted octanol–water partition coefficient (Wildman–Crippen LogP) is 1.97. The first-order valence-corrected chi connectivity index (χ1v) is 9.58. The SMILES string of the molecule is CCN(CCCOc1ccccc1OC)C1CCS(=O)(=O)C1. The molecule has 1 fully saturated rings. The summed E-state index contributed by atoms with van der Waals surface area (Å²) in [5.41, 5.74) is 0. The van der Waals surface area contributed by atoms with E-state index in [4.69, 9.17) is 9.47 Å². The molecule has 0 radical (unpaired) electrons. The first-order valence-electron chi connectivity index (χ1n) is 7.76.